The second-order valence-corrected chi connectivity index (χ2v) is 4.97. The highest BCUT2D eigenvalue weighted by Crippen LogP contribution is 2.25. The molecular formula is C6H12N2O4S. The van der Waals surface area contributed by atoms with Gasteiger partial charge >= 0.3 is 12.2 Å². The average Bonchev–Trinajstić information content (AvgIpc) is 1.81. The summed E-state index contributed by atoms with van der Waals surface area (Å²) < 4.78 is 0.184. The van der Waals surface area contributed by atoms with Gasteiger partial charge in [0, 0.05) is 4.75 Å². The first-order chi connectivity index (χ1) is 5.72. The fourth-order valence-corrected chi connectivity index (χ4v) is 1.22. The highest BCUT2D eigenvalue weighted by molar-refractivity contribution is 7.98. The average molecular weight is 208 g/mol. The van der Waals surface area contributed by atoms with Crippen molar-refractivity contribution in [3.05, 3.63) is 0 Å². The Hall–Kier alpha value is -1.11. The van der Waals surface area contributed by atoms with Crippen LogP contribution in [0.4, 0.5) is 9.59 Å². The summed E-state index contributed by atoms with van der Waals surface area (Å²) >= 11 is 0.880. The minimum atomic E-state index is -1.40. The van der Waals surface area contributed by atoms with Gasteiger partial charge in [0.15, 0.2) is 0 Å². The van der Waals surface area contributed by atoms with Crippen LogP contribution in [-0.2, 0) is 0 Å². The molecule has 0 heterocycles. The van der Waals surface area contributed by atoms with E-state index in [4.69, 9.17) is 10.2 Å². The van der Waals surface area contributed by atoms with Crippen molar-refractivity contribution in [1.82, 2.24) is 9.84 Å². The second-order valence-electron chi connectivity index (χ2n) is 3.20. The quantitative estimate of drug-likeness (QED) is 0.449. The van der Waals surface area contributed by atoms with Gasteiger partial charge in [-0.25, -0.2) is 15.0 Å². The van der Waals surface area contributed by atoms with Crippen LogP contribution >= 0.6 is 11.9 Å². The first kappa shape index (κ1) is 11.9. The van der Waals surface area contributed by atoms with E-state index in [-0.39, 0.29) is 4.75 Å². The van der Waals surface area contributed by atoms with E-state index in [0.717, 1.165) is 11.9 Å². The zero-order chi connectivity index (χ0) is 10.6. The Morgan fingerprint density at radius 2 is 1.77 bits per heavy atom. The highest BCUT2D eigenvalue weighted by Gasteiger charge is 2.23. The van der Waals surface area contributed by atoms with Crippen molar-refractivity contribution in [2.75, 3.05) is 0 Å². The van der Waals surface area contributed by atoms with Gasteiger partial charge in [-0.1, -0.05) is 0 Å². The smallest absolute Gasteiger partial charge is 0.437 e. The lowest BCUT2D eigenvalue weighted by Crippen LogP contribution is -2.42. The lowest BCUT2D eigenvalue weighted by molar-refractivity contribution is 0.146. The number of hydrogen-bond acceptors (Lipinski definition) is 3. The predicted octanol–water partition coefficient (Wildman–Crippen LogP) is 1.60. The van der Waals surface area contributed by atoms with Gasteiger partial charge < -0.3 is 10.2 Å². The van der Waals surface area contributed by atoms with Crippen LogP contribution in [0.15, 0.2) is 0 Å². The molecule has 6 nitrogen and oxygen atoms in total. The highest BCUT2D eigenvalue weighted by atomic mass is 32.2. The lowest BCUT2D eigenvalue weighted by Gasteiger charge is -2.24. The Morgan fingerprint density at radius 1 is 1.31 bits per heavy atom. The summed E-state index contributed by atoms with van der Waals surface area (Å²) in [5, 5.41) is 16.9. The van der Waals surface area contributed by atoms with Gasteiger partial charge in [0.25, 0.3) is 0 Å². The number of nitrogens with zero attached hydrogens (tertiary/aromatic N) is 1. The molecule has 0 aliphatic heterocycles. The van der Waals surface area contributed by atoms with E-state index >= 15 is 0 Å². The molecule has 0 spiro atoms. The summed E-state index contributed by atoms with van der Waals surface area (Å²) in [4.78, 5) is 20.7. The topological polar surface area (TPSA) is 89.9 Å². The summed E-state index contributed by atoms with van der Waals surface area (Å²) in [7, 11) is 0. The Kier molecular flexibility index (Phi) is 3.86. The Bertz CT molecular complexity index is 213. The van der Waals surface area contributed by atoms with Crippen LogP contribution in [0.2, 0.25) is 0 Å². The maximum atomic E-state index is 10.5. The van der Waals surface area contributed by atoms with Crippen molar-refractivity contribution in [3.63, 3.8) is 0 Å². The number of carbonyl (C=O) groups is 2. The zero-order valence-corrected chi connectivity index (χ0v) is 8.38. The Labute approximate surface area is 80.0 Å². The molecule has 0 aromatic rings. The molecule has 0 aliphatic carbocycles. The molecule has 3 N–H and O–H groups in total. The molecule has 0 saturated heterocycles. The molecule has 0 atom stereocenters. The molecule has 2 amide bonds. The van der Waals surface area contributed by atoms with Crippen LogP contribution in [-0.4, -0.2) is 31.6 Å². The molecule has 0 rings (SSSR count). The second kappa shape index (κ2) is 4.22. The number of rotatable bonds is 1. The molecule has 0 bridgehead atoms. The summed E-state index contributed by atoms with van der Waals surface area (Å²) in [6.07, 6.45) is -2.75. The monoisotopic (exact) mass is 208 g/mol. The first-order valence-corrected chi connectivity index (χ1v) is 4.21. The molecule has 0 radical (unpaired) electrons. The number of carboxylic acid groups (broad SMARTS) is 2. The summed E-state index contributed by atoms with van der Waals surface area (Å²) in [6.45, 7) is 5.32. The van der Waals surface area contributed by atoms with E-state index in [1.807, 2.05) is 0 Å². The van der Waals surface area contributed by atoms with Crippen LogP contribution in [0.3, 0.4) is 0 Å². The molecule has 0 aliphatic rings. The SMILES string of the molecule is CC(C)(C)SN(NC(=O)O)C(=O)O. The molecule has 0 aromatic heterocycles. The number of hydrogen-bond donors (Lipinski definition) is 3. The van der Waals surface area contributed by atoms with E-state index < -0.39 is 12.2 Å². The number of nitrogens with one attached hydrogen (secondary N) is 1. The molecule has 76 valence electrons. The fraction of sp³-hybridized carbons (Fsp3) is 0.667. The maximum Gasteiger partial charge on any atom is 0.437 e. The van der Waals surface area contributed by atoms with Crippen LogP contribution in [0, 0.1) is 0 Å². The van der Waals surface area contributed by atoms with Crippen molar-refractivity contribution in [3.8, 4) is 0 Å². The van der Waals surface area contributed by atoms with Crippen LogP contribution in [0.25, 0.3) is 0 Å². The van der Waals surface area contributed by atoms with E-state index in [9.17, 15) is 9.59 Å². The molecule has 0 saturated carbocycles. The summed E-state index contributed by atoms with van der Waals surface area (Å²) in [6, 6.07) is 0. The third-order valence-electron chi connectivity index (χ3n) is 0.736. The van der Waals surface area contributed by atoms with Crippen molar-refractivity contribution >= 4 is 24.1 Å². The zero-order valence-electron chi connectivity index (χ0n) is 7.57. The van der Waals surface area contributed by atoms with Gasteiger partial charge in [0.05, 0.1) is 0 Å². The normalized spacial score (nSPS) is 10.7. The van der Waals surface area contributed by atoms with E-state index in [0.29, 0.717) is 4.41 Å². The number of amides is 2. The van der Waals surface area contributed by atoms with E-state index in [1.165, 1.54) is 0 Å². The van der Waals surface area contributed by atoms with Gasteiger partial charge in [-0.05, 0) is 32.7 Å². The van der Waals surface area contributed by atoms with Crippen LogP contribution < -0.4 is 5.43 Å². The largest absolute Gasteiger partial charge is 0.464 e. The Balaban J connectivity index is 4.27. The van der Waals surface area contributed by atoms with Crippen LogP contribution in [0.1, 0.15) is 20.8 Å². The van der Waals surface area contributed by atoms with Gasteiger partial charge in [-0.2, -0.15) is 4.41 Å². The third-order valence-corrected chi connectivity index (χ3v) is 1.71. The standard InChI is InChI=1S/C6H12N2O4S/c1-6(2,3)13-8(5(11)12)7-4(9)10/h7H,1-3H3,(H,9,10)(H,11,12). The maximum absolute atomic E-state index is 10.5. The molecule has 0 fully saturated rings. The molecular weight excluding hydrogens is 196 g/mol. The minimum absolute atomic E-state index is 0.374. The van der Waals surface area contributed by atoms with Crippen molar-refractivity contribution in [2.24, 2.45) is 0 Å². The first-order valence-electron chi connectivity index (χ1n) is 3.44. The number of hydrazine groups is 1. The van der Waals surface area contributed by atoms with Crippen molar-refractivity contribution in [2.45, 2.75) is 25.5 Å². The van der Waals surface area contributed by atoms with E-state index in [1.54, 1.807) is 26.2 Å². The molecule has 0 aromatic carbocycles. The Morgan fingerprint density at radius 3 is 2.00 bits per heavy atom. The molecule has 0 unspecified atom stereocenters. The van der Waals surface area contributed by atoms with Crippen molar-refractivity contribution < 1.29 is 19.8 Å². The van der Waals surface area contributed by atoms with E-state index in [2.05, 4.69) is 0 Å². The summed E-state index contributed by atoms with van der Waals surface area (Å²) in [5.41, 5.74) is 1.75. The fourth-order valence-electron chi connectivity index (χ4n) is 0.470. The summed E-state index contributed by atoms with van der Waals surface area (Å²) in [5.74, 6) is 0. The predicted molar refractivity (Wildman–Crippen MR) is 48.4 cm³/mol. The van der Waals surface area contributed by atoms with Gasteiger partial charge in [0.1, 0.15) is 0 Å². The van der Waals surface area contributed by atoms with Gasteiger partial charge in [0.2, 0.25) is 0 Å². The van der Waals surface area contributed by atoms with Gasteiger partial charge in [-0.15, -0.1) is 0 Å². The van der Waals surface area contributed by atoms with Crippen molar-refractivity contribution in [1.29, 1.82) is 0 Å². The van der Waals surface area contributed by atoms with Gasteiger partial charge in [-0.3, -0.25) is 0 Å². The minimum Gasteiger partial charge on any atom is -0.464 e. The lowest BCUT2D eigenvalue weighted by atomic mass is 10.3. The molecule has 7 heteroatoms. The molecule has 13 heavy (non-hydrogen) atoms. The third kappa shape index (κ3) is 6.09. The van der Waals surface area contributed by atoms with Crippen LogP contribution in [0.5, 0.6) is 0 Å².